The minimum absolute atomic E-state index is 0. The first-order chi connectivity index (χ1) is 11.2. The maximum Gasteiger partial charge on any atom is 0.259 e. The number of benzene rings is 1. The van der Waals surface area contributed by atoms with Crippen molar-refractivity contribution < 1.29 is 9.26 Å². The number of hydrogen-bond acceptors (Lipinski definition) is 6. The van der Waals surface area contributed by atoms with E-state index in [4.69, 9.17) is 26.6 Å². The highest BCUT2D eigenvalue weighted by atomic mass is 35.5. The quantitative estimate of drug-likeness (QED) is 0.667. The molecular formula is C15H19Cl2N5O2. The first-order valence-electron chi connectivity index (χ1n) is 7.05. The van der Waals surface area contributed by atoms with Crippen molar-refractivity contribution in [3.63, 3.8) is 0 Å². The third kappa shape index (κ3) is 5.52. The highest BCUT2D eigenvalue weighted by Gasteiger charge is 2.22. The van der Waals surface area contributed by atoms with Crippen molar-refractivity contribution in [1.29, 1.82) is 0 Å². The molecule has 2 aromatic heterocycles. The van der Waals surface area contributed by atoms with Crippen LogP contribution in [0.25, 0.3) is 11.3 Å². The number of rotatable bonds is 5. The molecule has 0 fully saturated rings. The molecule has 0 spiro atoms. The van der Waals surface area contributed by atoms with Crippen molar-refractivity contribution in [3.8, 4) is 17.2 Å². The molecule has 3 rings (SSSR count). The standard InChI is InChI=1S/C13H15ClN2O2.C2H3N3.ClH/c1-9(14)11-12(10-5-3-2-4-6-10)18-16-13(11)17-8-7-15;1-2-4-5-3-1;/h2-6,9H,7-8,15H2,1H3;1-2H,(H,3,4,5);1H. The van der Waals surface area contributed by atoms with E-state index >= 15 is 0 Å². The van der Waals surface area contributed by atoms with Crippen molar-refractivity contribution in [3.05, 3.63) is 48.3 Å². The fourth-order valence-electron chi connectivity index (χ4n) is 1.86. The average Bonchev–Trinajstić information content (AvgIpc) is 3.26. The lowest BCUT2D eigenvalue weighted by molar-refractivity contribution is 0.287. The molecule has 130 valence electrons. The Morgan fingerprint density at radius 3 is 2.42 bits per heavy atom. The van der Waals surface area contributed by atoms with E-state index in [2.05, 4.69) is 20.6 Å². The molecular weight excluding hydrogens is 353 g/mol. The molecule has 1 atom stereocenters. The Hall–Kier alpha value is -2.09. The van der Waals surface area contributed by atoms with E-state index in [1.807, 2.05) is 37.3 Å². The van der Waals surface area contributed by atoms with Crippen LogP contribution in [0.15, 0.2) is 47.2 Å². The third-order valence-electron chi connectivity index (χ3n) is 2.82. The van der Waals surface area contributed by atoms with Crippen LogP contribution >= 0.6 is 24.0 Å². The van der Waals surface area contributed by atoms with Crippen LogP contribution in [-0.4, -0.2) is 33.7 Å². The third-order valence-corrected chi connectivity index (χ3v) is 3.03. The van der Waals surface area contributed by atoms with Crippen LogP contribution in [0.3, 0.4) is 0 Å². The van der Waals surface area contributed by atoms with Gasteiger partial charge in [-0.3, -0.25) is 0 Å². The number of H-pyrrole nitrogens is 1. The van der Waals surface area contributed by atoms with Crippen LogP contribution < -0.4 is 10.5 Å². The molecule has 1 aromatic carbocycles. The lowest BCUT2D eigenvalue weighted by Crippen LogP contribution is -2.11. The second kappa shape index (κ2) is 10.6. The smallest absolute Gasteiger partial charge is 0.259 e. The van der Waals surface area contributed by atoms with Gasteiger partial charge >= 0.3 is 0 Å². The van der Waals surface area contributed by atoms with Gasteiger partial charge in [-0.05, 0) is 12.1 Å². The van der Waals surface area contributed by atoms with Gasteiger partial charge in [0.15, 0.2) is 5.76 Å². The minimum atomic E-state index is -0.251. The summed E-state index contributed by atoms with van der Waals surface area (Å²) < 4.78 is 10.8. The van der Waals surface area contributed by atoms with Crippen LogP contribution in [0.4, 0.5) is 0 Å². The Balaban J connectivity index is 0.000000412. The maximum absolute atomic E-state index is 6.17. The van der Waals surface area contributed by atoms with E-state index in [9.17, 15) is 0 Å². The normalized spacial score (nSPS) is 11.0. The number of nitrogens with zero attached hydrogens (tertiary/aromatic N) is 3. The van der Waals surface area contributed by atoms with Crippen molar-refractivity contribution in [2.75, 3.05) is 13.2 Å². The summed E-state index contributed by atoms with van der Waals surface area (Å²) in [4.78, 5) is 0. The predicted octanol–water partition coefficient (Wildman–Crippen LogP) is 3.21. The Labute approximate surface area is 150 Å². The zero-order chi connectivity index (χ0) is 16.5. The van der Waals surface area contributed by atoms with Gasteiger partial charge in [-0.15, -0.1) is 24.0 Å². The van der Waals surface area contributed by atoms with Gasteiger partial charge in [0.05, 0.1) is 23.3 Å². The molecule has 0 saturated heterocycles. The number of hydrogen-bond donors (Lipinski definition) is 2. The molecule has 7 nitrogen and oxygen atoms in total. The zero-order valence-corrected chi connectivity index (χ0v) is 14.6. The van der Waals surface area contributed by atoms with Gasteiger partial charge in [0.1, 0.15) is 6.61 Å². The fraction of sp³-hybridized carbons (Fsp3) is 0.267. The average molecular weight is 372 g/mol. The Morgan fingerprint density at radius 1 is 1.25 bits per heavy atom. The maximum atomic E-state index is 6.17. The minimum Gasteiger partial charge on any atom is -0.474 e. The van der Waals surface area contributed by atoms with E-state index < -0.39 is 0 Å². The molecule has 0 amide bonds. The number of aromatic amines is 1. The van der Waals surface area contributed by atoms with Crippen LogP contribution in [0, 0.1) is 0 Å². The highest BCUT2D eigenvalue weighted by molar-refractivity contribution is 6.21. The summed E-state index contributed by atoms with van der Waals surface area (Å²) in [6, 6.07) is 9.68. The van der Waals surface area contributed by atoms with Crippen LogP contribution in [0.5, 0.6) is 5.88 Å². The van der Waals surface area contributed by atoms with Gasteiger partial charge in [-0.2, -0.15) is 15.4 Å². The monoisotopic (exact) mass is 371 g/mol. The topological polar surface area (TPSA) is 103 Å². The van der Waals surface area contributed by atoms with E-state index in [0.717, 1.165) is 11.1 Å². The molecule has 0 aliphatic rings. The SMILES string of the molecule is CC(Cl)c1c(OCCN)noc1-c1ccccc1.Cl.c1cn[nH]n1. The molecule has 3 N–H and O–H groups in total. The number of aromatic nitrogens is 4. The summed E-state index contributed by atoms with van der Waals surface area (Å²) in [5.74, 6) is 1.06. The zero-order valence-electron chi connectivity index (χ0n) is 13.1. The van der Waals surface area contributed by atoms with Gasteiger partial charge in [0.2, 0.25) is 0 Å². The number of nitrogens with two attached hydrogens (primary N) is 1. The highest BCUT2D eigenvalue weighted by Crippen LogP contribution is 2.37. The van der Waals surface area contributed by atoms with Gasteiger partial charge in [0.25, 0.3) is 5.88 Å². The number of ether oxygens (including phenoxy) is 1. The lowest BCUT2D eigenvalue weighted by Gasteiger charge is -2.06. The van der Waals surface area contributed by atoms with Gasteiger partial charge < -0.3 is 15.0 Å². The van der Waals surface area contributed by atoms with Gasteiger partial charge in [-0.25, -0.2) is 0 Å². The lowest BCUT2D eigenvalue weighted by atomic mass is 10.1. The van der Waals surface area contributed by atoms with Crippen molar-refractivity contribution in [2.45, 2.75) is 12.3 Å². The predicted molar refractivity (Wildman–Crippen MR) is 94.4 cm³/mol. The summed E-state index contributed by atoms with van der Waals surface area (Å²) in [7, 11) is 0. The molecule has 24 heavy (non-hydrogen) atoms. The second-order valence-corrected chi connectivity index (χ2v) is 5.16. The first-order valence-corrected chi connectivity index (χ1v) is 7.49. The molecule has 0 saturated carbocycles. The summed E-state index contributed by atoms with van der Waals surface area (Å²) >= 11 is 6.17. The number of halogens is 2. The summed E-state index contributed by atoms with van der Waals surface area (Å²) in [6.07, 6.45) is 3.17. The first kappa shape index (κ1) is 20.0. The molecule has 3 aromatic rings. The molecule has 9 heteroatoms. The van der Waals surface area contributed by atoms with Gasteiger partial charge in [-0.1, -0.05) is 30.3 Å². The second-order valence-electron chi connectivity index (χ2n) is 4.51. The van der Waals surface area contributed by atoms with E-state index in [1.165, 1.54) is 0 Å². The molecule has 1 unspecified atom stereocenters. The molecule has 2 heterocycles. The summed E-state index contributed by atoms with van der Waals surface area (Å²) in [6.45, 7) is 2.66. The van der Waals surface area contributed by atoms with Gasteiger partial charge in [0, 0.05) is 12.1 Å². The molecule has 0 aliphatic heterocycles. The van der Waals surface area contributed by atoms with E-state index in [1.54, 1.807) is 12.4 Å². The summed E-state index contributed by atoms with van der Waals surface area (Å²) in [5, 5.41) is 13.0. The van der Waals surface area contributed by atoms with Crippen molar-refractivity contribution in [2.24, 2.45) is 5.73 Å². The van der Waals surface area contributed by atoms with Crippen LogP contribution in [0.2, 0.25) is 0 Å². The number of nitrogens with one attached hydrogen (secondary N) is 1. The van der Waals surface area contributed by atoms with E-state index in [0.29, 0.717) is 24.8 Å². The largest absolute Gasteiger partial charge is 0.474 e. The van der Waals surface area contributed by atoms with Crippen LogP contribution in [0.1, 0.15) is 17.9 Å². The molecule has 0 bridgehead atoms. The summed E-state index contributed by atoms with van der Waals surface area (Å²) in [5.41, 5.74) is 7.09. The molecule has 0 radical (unpaired) electrons. The van der Waals surface area contributed by atoms with Crippen molar-refractivity contribution >= 4 is 24.0 Å². The molecule has 0 aliphatic carbocycles. The number of alkyl halides is 1. The Morgan fingerprint density at radius 2 is 1.92 bits per heavy atom. The van der Waals surface area contributed by atoms with E-state index in [-0.39, 0.29) is 17.8 Å². The van der Waals surface area contributed by atoms with Crippen molar-refractivity contribution in [1.82, 2.24) is 20.6 Å². The Kier molecular flexibility index (Phi) is 8.85. The fourth-order valence-corrected chi connectivity index (χ4v) is 2.05. The van der Waals surface area contributed by atoms with Crippen LogP contribution in [-0.2, 0) is 0 Å². The Bertz CT molecular complexity index is 657.